The van der Waals surface area contributed by atoms with Crippen molar-refractivity contribution in [2.24, 2.45) is 9.98 Å². The fourth-order valence-corrected chi connectivity index (χ4v) is 5.40. The van der Waals surface area contributed by atoms with E-state index in [4.69, 9.17) is 9.98 Å². The normalized spacial score (nSPS) is 21.1. The fourth-order valence-electron chi connectivity index (χ4n) is 3.90. The summed E-state index contributed by atoms with van der Waals surface area (Å²) in [4.78, 5) is 10.1. The van der Waals surface area contributed by atoms with Crippen LogP contribution in [0, 0.1) is 27.7 Å². The zero-order chi connectivity index (χ0) is 20.3. The van der Waals surface area contributed by atoms with Gasteiger partial charge in [-0.25, -0.2) is 0 Å². The third kappa shape index (κ3) is 4.75. The number of nitrogens with zero attached hydrogens (tertiary/aromatic N) is 2. The zero-order valence-electron chi connectivity index (χ0n) is 18.0. The van der Waals surface area contributed by atoms with E-state index in [1.54, 1.807) is 0 Å². The first-order valence-electron chi connectivity index (χ1n) is 10.2. The highest BCUT2D eigenvalue weighted by molar-refractivity contribution is 8.02. The third-order valence-corrected chi connectivity index (χ3v) is 7.46. The van der Waals surface area contributed by atoms with Gasteiger partial charge in [0.05, 0.1) is 11.4 Å². The molecule has 0 amide bonds. The van der Waals surface area contributed by atoms with Gasteiger partial charge in [-0.05, 0) is 76.6 Å². The van der Waals surface area contributed by atoms with E-state index in [1.165, 1.54) is 52.9 Å². The molecule has 2 unspecified atom stereocenters. The minimum atomic E-state index is 0.473. The highest BCUT2D eigenvalue weighted by atomic mass is 32.2. The van der Waals surface area contributed by atoms with Gasteiger partial charge in [0.2, 0.25) is 0 Å². The number of para-hydroxylation sites is 2. The topological polar surface area (TPSA) is 24.7 Å². The maximum absolute atomic E-state index is 5.04. The van der Waals surface area contributed by atoms with Crippen molar-refractivity contribution < 1.29 is 0 Å². The first kappa shape index (κ1) is 20.9. The Hall–Kier alpha value is -1.87. The summed E-state index contributed by atoms with van der Waals surface area (Å²) in [6.07, 6.45) is 3.65. The Morgan fingerprint density at radius 3 is 1.43 bits per heavy atom. The molecule has 3 rings (SSSR count). The van der Waals surface area contributed by atoms with Crippen molar-refractivity contribution in [3.8, 4) is 0 Å². The second kappa shape index (κ2) is 9.09. The molecule has 0 spiro atoms. The summed E-state index contributed by atoms with van der Waals surface area (Å²) in [6, 6.07) is 12.8. The lowest BCUT2D eigenvalue weighted by molar-refractivity contribution is 0.702. The van der Waals surface area contributed by atoms with Crippen LogP contribution in [0.4, 0.5) is 11.4 Å². The number of aryl methyl sites for hydroxylation is 4. The van der Waals surface area contributed by atoms with Crippen LogP contribution in [0.25, 0.3) is 0 Å². The smallest absolute Gasteiger partial charge is 0.0687 e. The van der Waals surface area contributed by atoms with Crippen LogP contribution in [0.5, 0.6) is 0 Å². The van der Waals surface area contributed by atoms with Gasteiger partial charge in [-0.1, -0.05) is 42.8 Å². The molecule has 0 aromatic heterocycles. The number of hydrogen-bond donors (Lipinski definition) is 0. The minimum Gasteiger partial charge on any atom is -0.256 e. The lowest BCUT2D eigenvalue weighted by Gasteiger charge is -2.29. The van der Waals surface area contributed by atoms with E-state index in [0.717, 1.165) is 11.4 Å². The predicted molar refractivity (Wildman–Crippen MR) is 126 cm³/mol. The number of hydrogen-bond acceptors (Lipinski definition) is 3. The Kier molecular flexibility index (Phi) is 6.77. The molecule has 1 aliphatic rings. The van der Waals surface area contributed by atoms with E-state index >= 15 is 0 Å². The van der Waals surface area contributed by atoms with Crippen molar-refractivity contribution in [3.05, 3.63) is 58.7 Å². The Morgan fingerprint density at radius 1 is 0.714 bits per heavy atom. The van der Waals surface area contributed by atoms with Crippen LogP contribution in [-0.2, 0) is 0 Å². The minimum absolute atomic E-state index is 0.473. The van der Waals surface area contributed by atoms with Crippen molar-refractivity contribution in [1.29, 1.82) is 0 Å². The molecule has 1 heterocycles. The molecule has 2 atom stereocenters. The van der Waals surface area contributed by atoms with Gasteiger partial charge in [-0.15, -0.1) is 11.8 Å². The average molecular weight is 393 g/mol. The summed E-state index contributed by atoms with van der Waals surface area (Å²) in [5, 5.41) is 0.946. The first-order valence-corrected chi connectivity index (χ1v) is 11.2. The summed E-state index contributed by atoms with van der Waals surface area (Å²) in [5.74, 6) is 0. The lowest BCUT2D eigenvalue weighted by atomic mass is 10.0. The molecule has 0 N–H and O–H groups in total. The van der Waals surface area contributed by atoms with Crippen molar-refractivity contribution in [1.82, 2.24) is 0 Å². The summed E-state index contributed by atoms with van der Waals surface area (Å²) in [5.41, 5.74) is 9.79. The predicted octanol–water partition coefficient (Wildman–Crippen LogP) is 7.46. The Balaban J connectivity index is 1.80. The maximum Gasteiger partial charge on any atom is 0.0687 e. The molecule has 28 heavy (non-hydrogen) atoms. The molecule has 0 aliphatic carbocycles. The second-order valence-corrected chi connectivity index (χ2v) is 9.44. The lowest BCUT2D eigenvalue weighted by Crippen LogP contribution is -2.27. The molecule has 0 radical (unpaired) electrons. The molecule has 148 valence electrons. The molecule has 1 fully saturated rings. The van der Waals surface area contributed by atoms with Crippen LogP contribution in [0.1, 0.15) is 55.4 Å². The van der Waals surface area contributed by atoms with E-state index in [0.29, 0.717) is 10.5 Å². The summed E-state index contributed by atoms with van der Waals surface area (Å²) >= 11 is 2.05. The fraction of sp³-hybridized carbons (Fsp3) is 0.440. The van der Waals surface area contributed by atoms with Crippen LogP contribution in [-0.4, -0.2) is 21.9 Å². The monoisotopic (exact) mass is 392 g/mol. The first-order chi connectivity index (χ1) is 13.4. The van der Waals surface area contributed by atoms with E-state index in [1.807, 2.05) is 11.8 Å². The van der Waals surface area contributed by atoms with Gasteiger partial charge in [-0.2, -0.15) is 0 Å². The van der Waals surface area contributed by atoms with Crippen molar-refractivity contribution in [2.75, 3.05) is 0 Å². The van der Waals surface area contributed by atoms with Gasteiger partial charge in [0.15, 0.2) is 0 Å². The molecule has 0 saturated carbocycles. The summed E-state index contributed by atoms with van der Waals surface area (Å²) < 4.78 is 0. The number of thioether (sulfide) groups is 1. The Bertz CT molecular complexity index is 797. The van der Waals surface area contributed by atoms with Gasteiger partial charge in [-0.3, -0.25) is 9.98 Å². The third-order valence-electron chi connectivity index (χ3n) is 5.65. The highest BCUT2D eigenvalue weighted by Crippen LogP contribution is 2.36. The Labute approximate surface area is 174 Å². The van der Waals surface area contributed by atoms with Gasteiger partial charge in [0.1, 0.15) is 0 Å². The Morgan fingerprint density at radius 2 is 1.07 bits per heavy atom. The van der Waals surface area contributed by atoms with Gasteiger partial charge in [0, 0.05) is 21.9 Å². The van der Waals surface area contributed by atoms with Gasteiger partial charge < -0.3 is 0 Å². The van der Waals surface area contributed by atoms with Crippen molar-refractivity contribution >= 4 is 34.6 Å². The molecule has 0 bridgehead atoms. The molecule has 3 heteroatoms. The maximum atomic E-state index is 5.04. The SMILES string of the molecule is CC(=Nc1c(C)cccc1C)C1CCCC(C(C)=Nc2c(C)cccc2C)S1. The molecule has 2 aromatic rings. The average Bonchev–Trinajstić information content (AvgIpc) is 2.67. The molecular formula is C25H32N2S. The van der Waals surface area contributed by atoms with E-state index in [-0.39, 0.29) is 0 Å². The zero-order valence-corrected chi connectivity index (χ0v) is 18.9. The molecule has 1 saturated heterocycles. The number of benzene rings is 2. The second-order valence-electron chi connectivity index (χ2n) is 8.03. The van der Waals surface area contributed by atoms with Crippen molar-refractivity contribution in [2.45, 2.75) is 71.3 Å². The van der Waals surface area contributed by atoms with Crippen LogP contribution in [0.15, 0.2) is 46.4 Å². The van der Waals surface area contributed by atoms with Crippen LogP contribution >= 0.6 is 11.8 Å². The number of rotatable bonds is 4. The van der Waals surface area contributed by atoms with Crippen LogP contribution in [0.3, 0.4) is 0 Å². The van der Waals surface area contributed by atoms with Crippen molar-refractivity contribution in [3.63, 3.8) is 0 Å². The molecular weight excluding hydrogens is 360 g/mol. The van der Waals surface area contributed by atoms with E-state index in [2.05, 4.69) is 77.9 Å². The quantitative estimate of drug-likeness (QED) is 0.496. The van der Waals surface area contributed by atoms with Gasteiger partial charge >= 0.3 is 0 Å². The molecule has 2 aromatic carbocycles. The molecule has 1 aliphatic heterocycles. The van der Waals surface area contributed by atoms with E-state index in [9.17, 15) is 0 Å². The highest BCUT2D eigenvalue weighted by Gasteiger charge is 2.26. The van der Waals surface area contributed by atoms with E-state index < -0.39 is 0 Å². The van der Waals surface area contributed by atoms with Crippen LogP contribution < -0.4 is 0 Å². The summed E-state index contributed by atoms with van der Waals surface area (Å²) in [7, 11) is 0. The molecule has 2 nitrogen and oxygen atoms in total. The number of aliphatic imine (C=N–C) groups is 2. The van der Waals surface area contributed by atoms with Crippen LogP contribution in [0.2, 0.25) is 0 Å². The van der Waals surface area contributed by atoms with Gasteiger partial charge in [0.25, 0.3) is 0 Å². The summed E-state index contributed by atoms with van der Waals surface area (Å²) in [6.45, 7) is 13.0. The standard InChI is InChI=1S/C25H32N2S/c1-16-10-7-11-17(2)24(16)26-20(5)22-14-9-15-23(28-22)21(6)27-25-18(3)12-8-13-19(25)4/h7-8,10-13,22-23H,9,14-15H2,1-6H3. The largest absolute Gasteiger partial charge is 0.256 e.